The summed E-state index contributed by atoms with van der Waals surface area (Å²) in [5.41, 5.74) is 6.45. The van der Waals surface area contributed by atoms with Crippen LogP contribution in [0.15, 0.2) is 42.7 Å². The van der Waals surface area contributed by atoms with Gasteiger partial charge in [0.2, 0.25) is 5.95 Å². The molecule has 2 aromatic heterocycles. The molecule has 1 saturated heterocycles. The first-order chi connectivity index (χ1) is 17.5. The van der Waals surface area contributed by atoms with Crippen molar-refractivity contribution in [2.45, 2.75) is 45.7 Å². The molecule has 2 aliphatic heterocycles. The number of fused-ring (bicyclic) bond motifs is 1. The van der Waals surface area contributed by atoms with Gasteiger partial charge in [0.1, 0.15) is 5.82 Å². The molecule has 8 nitrogen and oxygen atoms in total. The normalized spacial score (nSPS) is 16.5. The van der Waals surface area contributed by atoms with Gasteiger partial charge in [-0.3, -0.25) is 9.69 Å². The van der Waals surface area contributed by atoms with Crippen LogP contribution in [0.3, 0.4) is 0 Å². The van der Waals surface area contributed by atoms with E-state index in [0.29, 0.717) is 17.6 Å². The number of piperidine rings is 1. The fourth-order valence-electron chi connectivity index (χ4n) is 5.19. The molecule has 0 bridgehead atoms. The lowest BCUT2D eigenvalue weighted by atomic mass is 9.98. The fraction of sp³-hybridized carbons (Fsp3) is 0.407. The Bertz CT molecular complexity index is 1210. The Balaban J connectivity index is 1.16. The first kappa shape index (κ1) is 24.5. The molecule has 0 aliphatic carbocycles. The summed E-state index contributed by atoms with van der Waals surface area (Å²) in [6, 6.07) is 10.6. The number of nitrogens with one attached hydrogen (secondary N) is 2. The van der Waals surface area contributed by atoms with E-state index >= 15 is 0 Å². The number of aryl methyl sites for hydroxylation is 2. The van der Waals surface area contributed by atoms with Crippen LogP contribution in [0.5, 0.6) is 0 Å². The van der Waals surface area contributed by atoms with Crippen LogP contribution in [0.1, 0.15) is 45.6 Å². The Morgan fingerprint density at radius 2 is 1.81 bits per heavy atom. The molecule has 4 heterocycles. The molecule has 0 unspecified atom stereocenters. The smallest absolute Gasteiger partial charge is 0.255 e. The molecule has 36 heavy (non-hydrogen) atoms. The Kier molecular flexibility index (Phi) is 7.38. The second kappa shape index (κ2) is 10.8. The second-order valence-electron chi connectivity index (χ2n) is 9.65. The molecule has 0 atom stereocenters. The average Bonchev–Trinajstić information content (AvgIpc) is 2.88. The van der Waals surface area contributed by atoms with Crippen LogP contribution in [-0.4, -0.2) is 62.6 Å². The Morgan fingerprint density at radius 1 is 1.03 bits per heavy atom. The van der Waals surface area contributed by atoms with Crippen LogP contribution < -0.4 is 10.0 Å². The van der Waals surface area contributed by atoms with Gasteiger partial charge in [-0.2, -0.15) is 0 Å². The van der Waals surface area contributed by atoms with Crippen molar-refractivity contribution in [3.63, 3.8) is 0 Å². The zero-order chi connectivity index (χ0) is 25.1. The van der Waals surface area contributed by atoms with Gasteiger partial charge in [-0.05, 0) is 62.1 Å². The van der Waals surface area contributed by atoms with Crippen molar-refractivity contribution in [2.75, 3.05) is 35.9 Å². The van der Waals surface area contributed by atoms with Crippen LogP contribution in [0.25, 0.3) is 0 Å². The van der Waals surface area contributed by atoms with Gasteiger partial charge >= 0.3 is 0 Å². The summed E-state index contributed by atoms with van der Waals surface area (Å²) in [5.74, 6) is 1.49. The molecule has 1 fully saturated rings. The monoisotopic (exact) mass is 503 g/mol. The lowest BCUT2D eigenvalue weighted by molar-refractivity contribution is 0.0598. The minimum absolute atomic E-state index is 0.0675. The van der Waals surface area contributed by atoms with E-state index in [1.165, 1.54) is 28.6 Å². The van der Waals surface area contributed by atoms with Gasteiger partial charge < -0.3 is 14.9 Å². The van der Waals surface area contributed by atoms with Crippen LogP contribution >= 0.6 is 11.9 Å². The number of hydrogen-bond acceptors (Lipinski definition) is 8. The van der Waals surface area contributed by atoms with Gasteiger partial charge in [0.15, 0.2) is 0 Å². The highest BCUT2D eigenvalue weighted by Gasteiger charge is 2.30. The molecular weight excluding hydrogens is 470 g/mol. The molecule has 0 spiro atoms. The highest BCUT2D eigenvalue weighted by molar-refractivity contribution is 7.99. The minimum atomic E-state index is 0.0675. The number of anilines is 3. The number of nitrogens with zero attached hydrogens (tertiary/aromatic N) is 5. The summed E-state index contributed by atoms with van der Waals surface area (Å²) in [7, 11) is 0. The van der Waals surface area contributed by atoms with Crippen molar-refractivity contribution in [1.82, 2.24) is 24.8 Å². The summed E-state index contributed by atoms with van der Waals surface area (Å²) in [6.07, 6.45) is 8.46. The third kappa shape index (κ3) is 5.63. The molecule has 5 rings (SSSR count). The molecule has 1 aromatic carbocycles. The zero-order valence-electron chi connectivity index (χ0n) is 21.1. The van der Waals surface area contributed by atoms with Crippen LogP contribution in [0.2, 0.25) is 0 Å². The van der Waals surface area contributed by atoms with Gasteiger partial charge in [-0.15, -0.1) is 0 Å². The van der Waals surface area contributed by atoms with E-state index in [4.69, 9.17) is 4.98 Å². The summed E-state index contributed by atoms with van der Waals surface area (Å²) in [4.78, 5) is 31.2. The molecule has 2 aliphatic rings. The summed E-state index contributed by atoms with van der Waals surface area (Å²) >= 11 is 1.48. The van der Waals surface area contributed by atoms with Crippen molar-refractivity contribution >= 4 is 35.3 Å². The molecule has 9 heteroatoms. The predicted molar refractivity (Wildman–Crippen MR) is 146 cm³/mol. The highest BCUT2D eigenvalue weighted by Crippen LogP contribution is 2.26. The number of amides is 1. The molecule has 1 amide bonds. The maximum atomic E-state index is 12.9. The summed E-state index contributed by atoms with van der Waals surface area (Å²) in [5, 5.41) is 3.37. The number of hydrogen-bond donors (Lipinski definition) is 2. The standard InChI is InChI=1S/C27H33N7OS/c1-18-12-19(2)14-22(13-18)30-27-29-16-21-17-34(11-8-24(21)31-27)23-6-9-33(10-7-23)26(35)20-4-5-25(28-15-20)32-36-3/h4-5,12-16,23H,6-11,17H2,1-3H3,(H,28,32)(H,29,30,31). The van der Waals surface area contributed by atoms with Gasteiger partial charge in [-0.1, -0.05) is 18.0 Å². The van der Waals surface area contributed by atoms with Crippen molar-refractivity contribution < 1.29 is 4.79 Å². The number of likely N-dealkylation sites (tertiary alicyclic amines) is 1. The SMILES string of the molecule is CSNc1ccc(C(=O)N2CCC(N3CCc4nc(Nc5cc(C)cc(C)c5)ncc4C3)CC2)cn1. The van der Waals surface area contributed by atoms with E-state index in [1.807, 2.05) is 29.5 Å². The van der Waals surface area contributed by atoms with Gasteiger partial charge in [0.25, 0.3) is 5.91 Å². The Morgan fingerprint density at radius 3 is 2.50 bits per heavy atom. The van der Waals surface area contributed by atoms with E-state index in [0.717, 1.165) is 62.6 Å². The van der Waals surface area contributed by atoms with E-state index in [-0.39, 0.29) is 5.91 Å². The number of carbonyl (C=O) groups excluding carboxylic acids is 1. The summed E-state index contributed by atoms with van der Waals surface area (Å²) in [6.45, 7) is 7.59. The van der Waals surface area contributed by atoms with Crippen LogP contribution in [-0.2, 0) is 13.0 Å². The highest BCUT2D eigenvalue weighted by atomic mass is 32.2. The number of carbonyl (C=O) groups is 1. The Labute approximate surface area is 217 Å². The zero-order valence-corrected chi connectivity index (χ0v) is 21.9. The fourth-order valence-corrected chi connectivity index (χ4v) is 5.52. The third-order valence-corrected chi connectivity index (χ3v) is 7.34. The topological polar surface area (TPSA) is 86.3 Å². The van der Waals surface area contributed by atoms with E-state index < -0.39 is 0 Å². The van der Waals surface area contributed by atoms with Gasteiger partial charge in [0.05, 0.1) is 11.3 Å². The van der Waals surface area contributed by atoms with E-state index in [2.05, 4.69) is 57.0 Å². The second-order valence-corrected chi connectivity index (χ2v) is 10.3. The molecule has 2 N–H and O–H groups in total. The van der Waals surface area contributed by atoms with Crippen molar-refractivity contribution in [2.24, 2.45) is 0 Å². The van der Waals surface area contributed by atoms with Crippen molar-refractivity contribution in [3.8, 4) is 0 Å². The third-order valence-electron chi connectivity index (χ3n) is 6.93. The molecule has 188 valence electrons. The molecule has 0 saturated carbocycles. The average molecular weight is 504 g/mol. The predicted octanol–water partition coefficient (Wildman–Crippen LogP) is 4.58. The number of rotatable bonds is 6. The lowest BCUT2D eigenvalue weighted by Gasteiger charge is -2.40. The minimum Gasteiger partial charge on any atom is -0.338 e. The molecular formula is C27H33N7OS. The van der Waals surface area contributed by atoms with Crippen molar-refractivity contribution in [1.29, 1.82) is 0 Å². The maximum Gasteiger partial charge on any atom is 0.255 e. The lowest BCUT2D eigenvalue weighted by Crippen LogP contribution is -2.48. The van der Waals surface area contributed by atoms with E-state index in [1.54, 1.807) is 6.20 Å². The molecule has 0 radical (unpaired) electrons. The van der Waals surface area contributed by atoms with Crippen LogP contribution in [0, 0.1) is 13.8 Å². The maximum absolute atomic E-state index is 12.9. The Hall–Kier alpha value is -3.17. The van der Waals surface area contributed by atoms with Gasteiger partial charge in [-0.25, -0.2) is 15.0 Å². The van der Waals surface area contributed by atoms with Gasteiger partial charge in [0, 0.05) is 68.5 Å². The van der Waals surface area contributed by atoms with Crippen LogP contribution in [0.4, 0.5) is 17.5 Å². The number of benzene rings is 1. The number of aromatic nitrogens is 3. The summed E-state index contributed by atoms with van der Waals surface area (Å²) < 4.78 is 3.08. The quantitative estimate of drug-likeness (QED) is 0.473. The van der Waals surface area contributed by atoms with E-state index in [9.17, 15) is 4.79 Å². The first-order valence-electron chi connectivity index (χ1n) is 12.5. The largest absolute Gasteiger partial charge is 0.338 e. The first-order valence-corrected chi connectivity index (χ1v) is 13.7. The van der Waals surface area contributed by atoms with Crippen molar-refractivity contribution in [3.05, 3.63) is 70.7 Å². The number of pyridine rings is 1. The molecule has 3 aromatic rings.